The summed E-state index contributed by atoms with van der Waals surface area (Å²) in [4.78, 5) is 21.7. The first-order valence-electron chi connectivity index (χ1n) is 5.85. The number of benzene rings is 1. The summed E-state index contributed by atoms with van der Waals surface area (Å²) in [5.41, 5.74) is 0.850. The van der Waals surface area contributed by atoms with E-state index in [9.17, 15) is 9.59 Å². The molecule has 0 atom stereocenters. The molecule has 0 heterocycles. The Hall–Kier alpha value is -1.84. The maximum atomic E-state index is 10.8. The number of hydrogen-bond donors (Lipinski definition) is 0. The Bertz CT molecular complexity index is 333. The molecule has 1 aromatic carbocycles. The second-order valence-electron chi connectivity index (χ2n) is 3.76. The molecule has 0 unspecified atom stereocenters. The summed E-state index contributed by atoms with van der Waals surface area (Å²) >= 11 is 0. The Morgan fingerprint density at radius 1 is 1.06 bits per heavy atom. The molecule has 0 saturated carbocycles. The zero-order valence-corrected chi connectivity index (χ0v) is 10.1. The number of carbonyl (C=O) groups is 2. The fourth-order valence-corrected chi connectivity index (χ4v) is 1.63. The summed E-state index contributed by atoms with van der Waals surface area (Å²) in [7, 11) is 0. The first-order chi connectivity index (χ1) is 8.33. The number of hydrazine groups is 1. The van der Waals surface area contributed by atoms with E-state index in [2.05, 4.69) is 6.92 Å². The molecule has 1 aromatic rings. The Labute approximate surface area is 102 Å². The summed E-state index contributed by atoms with van der Waals surface area (Å²) < 4.78 is 0. The number of para-hydroxylation sites is 1. The Kier molecular flexibility index (Phi) is 5.79. The minimum Gasteiger partial charge on any atom is -0.276 e. The van der Waals surface area contributed by atoms with E-state index in [1.54, 1.807) is 5.01 Å². The molecule has 1 rings (SSSR count). The van der Waals surface area contributed by atoms with Crippen LogP contribution < -0.4 is 5.01 Å². The van der Waals surface area contributed by atoms with E-state index in [0.29, 0.717) is 19.4 Å². The van der Waals surface area contributed by atoms with Crippen molar-refractivity contribution in [2.24, 2.45) is 0 Å². The SMILES string of the molecule is CCCCCN(c1ccccc1)N(C=O)C=O. The predicted molar refractivity (Wildman–Crippen MR) is 67.3 cm³/mol. The molecule has 92 valence electrons. The quantitative estimate of drug-likeness (QED) is 0.393. The van der Waals surface area contributed by atoms with Crippen molar-refractivity contribution in [2.75, 3.05) is 11.6 Å². The van der Waals surface area contributed by atoms with Crippen LogP contribution in [0.2, 0.25) is 0 Å². The van der Waals surface area contributed by atoms with E-state index >= 15 is 0 Å². The van der Waals surface area contributed by atoms with Gasteiger partial charge in [0.05, 0.1) is 5.69 Å². The summed E-state index contributed by atoms with van der Waals surface area (Å²) in [6, 6.07) is 9.43. The molecule has 0 aromatic heterocycles. The first-order valence-corrected chi connectivity index (χ1v) is 5.85. The highest BCUT2D eigenvalue weighted by atomic mass is 16.2. The topological polar surface area (TPSA) is 40.6 Å². The lowest BCUT2D eigenvalue weighted by molar-refractivity contribution is -0.130. The number of rotatable bonds is 8. The summed E-state index contributed by atoms with van der Waals surface area (Å²) in [6.45, 7) is 2.78. The third-order valence-corrected chi connectivity index (χ3v) is 2.52. The first kappa shape index (κ1) is 13.2. The molecule has 0 saturated heterocycles. The number of amides is 2. The van der Waals surface area contributed by atoms with Crippen molar-refractivity contribution in [1.82, 2.24) is 5.01 Å². The van der Waals surface area contributed by atoms with Gasteiger partial charge in [-0.05, 0) is 18.6 Å². The van der Waals surface area contributed by atoms with Crippen molar-refractivity contribution < 1.29 is 9.59 Å². The maximum Gasteiger partial charge on any atom is 0.235 e. The summed E-state index contributed by atoms with van der Waals surface area (Å²) in [5, 5.41) is 2.74. The number of anilines is 1. The van der Waals surface area contributed by atoms with E-state index in [4.69, 9.17) is 0 Å². The van der Waals surface area contributed by atoms with Gasteiger partial charge in [-0.15, -0.1) is 0 Å². The lowest BCUT2D eigenvalue weighted by atomic mass is 10.2. The monoisotopic (exact) mass is 234 g/mol. The number of nitrogens with zero attached hydrogens (tertiary/aromatic N) is 2. The van der Waals surface area contributed by atoms with Crippen molar-refractivity contribution >= 4 is 18.5 Å². The second kappa shape index (κ2) is 7.44. The van der Waals surface area contributed by atoms with Crippen LogP contribution in [-0.4, -0.2) is 24.4 Å². The van der Waals surface area contributed by atoms with Crippen LogP contribution in [0.15, 0.2) is 30.3 Å². The average molecular weight is 234 g/mol. The summed E-state index contributed by atoms with van der Waals surface area (Å²) in [5.74, 6) is 0. The number of carbonyl (C=O) groups excluding carboxylic acids is 2. The van der Waals surface area contributed by atoms with Crippen LogP contribution in [0.3, 0.4) is 0 Å². The van der Waals surface area contributed by atoms with Gasteiger partial charge in [-0.25, -0.2) is 0 Å². The molecule has 0 aliphatic carbocycles. The van der Waals surface area contributed by atoms with Crippen LogP contribution >= 0.6 is 0 Å². The van der Waals surface area contributed by atoms with E-state index in [0.717, 1.165) is 30.0 Å². The predicted octanol–water partition coefficient (Wildman–Crippen LogP) is 2.21. The zero-order valence-electron chi connectivity index (χ0n) is 10.1. The molecule has 2 amide bonds. The van der Waals surface area contributed by atoms with E-state index in [1.807, 2.05) is 30.3 Å². The Morgan fingerprint density at radius 2 is 1.71 bits per heavy atom. The van der Waals surface area contributed by atoms with Crippen LogP contribution in [-0.2, 0) is 9.59 Å². The fourth-order valence-electron chi connectivity index (χ4n) is 1.63. The minimum absolute atomic E-state index is 0.534. The standard InChI is InChI=1S/C13H18N2O2/c1-2-3-7-10-15(14(11-16)12-17)13-8-5-4-6-9-13/h4-6,8-9,11-12H,2-3,7,10H2,1H3. The van der Waals surface area contributed by atoms with Crippen LogP contribution in [0, 0.1) is 0 Å². The van der Waals surface area contributed by atoms with E-state index < -0.39 is 0 Å². The maximum absolute atomic E-state index is 10.8. The van der Waals surface area contributed by atoms with Gasteiger partial charge in [0.15, 0.2) is 0 Å². The zero-order chi connectivity index (χ0) is 12.5. The molecular formula is C13H18N2O2. The second-order valence-corrected chi connectivity index (χ2v) is 3.76. The highest BCUT2D eigenvalue weighted by Crippen LogP contribution is 2.15. The molecule has 0 spiro atoms. The molecule has 0 bridgehead atoms. The van der Waals surface area contributed by atoms with Gasteiger partial charge in [0, 0.05) is 6.54 Å². The van der Waals surface area contributed by atoms with E-state index in [-0.39, 0.29) is 0 Å². The molecular weight excluding hydrogens is 216 g/mol. The number of unbranched alkanes of at least 4 members (excludes halogenated alkanes) is 2. The van der Waals surface area contributed by atoms with Gasteiger partial charge in [-0.1, -0.05) is 38.0 Å². The van der Waals surface area contributed by atoms with Crippen molar-refractivity contribution in [3.63, 3.8) is 0 Å². The molecule has 0 aliphatic heterocycles. The number of hydrogen-bond acceptors (Lipinski definition) is 3. The van der Waals surface area contributed by atoms with Gasteiger partial charge in [0.1, 0.15) is 0 Å². The number of imide groups is 1. The normalized spacial score (nSPS) is 9.71. The van der Waals surface area contributed by atoms with Gasteiger partial charge in [-0.2, -0.15) is 5.01 Å². The van der Waals surface area contributed by atoms with Crippen LogP contribution in [0.1, 0.15) is 26.2 Å². The highest BCUT2D eigenvalue weighted by Gasteiger charge is 2.12. The Balaban J connectivity index is 2.78. The van der Waals surface area contributed by atoms with Crippen LogP contribution in [0.4, 0.5) is 5.69 Å². The van der Waals surface area contributed by atoms with Gasteiger partial charge in [0.2, 0.25) is 12.8 Å². The molecule has 0 radical (unpaired) electrons. The van der Waals surface area contributed by atoms with Crippen LogP contribution in [0.25, 0.3) is 0 Å². The van der Waals surface area contributed by atoms with Crippen LogP contribution in [0.5, 0.6) is 0 Å². The lowest BCUT2D eigenvalue weighted by Gasteiger charge is -2.29. The van der Waals surface area contributed by atoms with Gasteiger partial charge in [-0.3, -0.25) is 14.6 Å². The fraction of sp³-hybridized carbons (Fsp3) is 0.385. The van der Waals surface area contributed by atoms with Crippen molar-refractivity contribution in [2.45, 2.75) is 26.2 Å². The third-order valence-electron chi connectivity index (χ3n) is 2.52. The van der Waals surface area contributed by atoms with Crippen molar-refractivity contribution in [1.29, 1.82) is 0 Å². The lowest BCUT2D eigenvalue weighted by Crippen LogP contribution is -2.41. The van der Waals surface area contributed by atoms with Crippen molar-refractivity contribution in [3.8, 4) is 0 Å². The largest absolute Gasteiger partial charge is 0.276 e. The smallest absolute Gasteiger partial charge is 0.235 e. The molecule has 17 heavy (non-hydrogen) atoms. The minimum atomic E-state index is 0.534. The van der Waals surface area contributed by atoms with Gasteiger partial charge < -0.3 is 0 Å². The van der Waals surface area contributed by atoms with Crippen molar-refractivity contribution in [3.05, 3.63) is 30.3 Å². The molecule has 4 nitrogen and oxygen atoms in total. The van der Waals surface area contributed by atoms with E-state index in [1.165, 1.54) is 0 Å². The van der Waals surface area contributed by atoms with Gasteiger partial charge in [0.25, 0.3) is 0 Å². The molecule has 4 heteroatoms. The molecule has 0 fully saturated rings. The van der Waals surface area contributed by atoms with Gasteiger partial charge >= 0.3 is 0 Å². The average Bonchev–Trinajstić information content (AvgIpc) is 2.39. The molecule has 0 aliphatic rings. The third kappa shape index (κ3) is 3.90. The molecule has 0 N–H and O–H groups in total. The summed E-state index contributed by atoms with van der Waals surface area (Å²) in [6.07, 6.45) is 4.20. The Morgan fingerprint density at radius 3 is 2.24 bits per heavy atom. The highest BCUT2D eigenvalue weighted by molar-refractivity contribution is 5.72.